The fourth-order valence-electron chi connectivity index (χ4n) is 9.07. The molecule has 62 heavy (non-hydrogen) atoms. The quantitative estimate of drug-likeness (QED) is 0.0877. The van der Waals surface area contributed by atoms with Crippen LogP contribution in [0.25, 0.3) is 33.6 Å². The lowest BCUT2D eigenvalue weighted by Gasteiger charge is -2.44. The Kier molecular flexibility index (Phi) is 12.8. The first-order valence-corrected chi connectivity index (χ1v) is 22.3. The maximum Gasteiger partial charge on any atom is 0.246 e. The van der Waals surface area contributed by atoms with Crippen LogP contribution in [0.5, 0.6) is 0 Å². The molecule has 334 valence electrons. The van der Waals surface area contributed by atoms with Crippen molar-refractivity contribution >= 4 is 23.6 Å². The van der Waals surface area contributed by atoms with E-state index < -0.39 is 23.2 Å². The highest BCUT2D eigenvalue weighted by molar-refractivity contribution is 5.92. The molecule has 0 aliphatic heterocycles. The third-order valence-electron chi connectivity index (χ3n) is 13.4. The van der Waals surface area contributed by atoms with Crippen molar-refractivity contribution in [1.29, 1.82) is 0 Å². The van der Waals surface area contributed by atoms with E-state index in [1.807, 2.05) is 12.4 Å². The number of nitrogens with one attached hydrogen (secondary N) is 6. The average molecular weight is 847 g/mol. The van der Waals surface area contributed by atoms with E-state index >= 15 is 0 Å². The first kappa shape index (κ1) is 46.2. The Balaban J connectivity index is 1.15. The molecule has 0 unspecified atom stereocenters. The van der Waals surface area contributed by atoms with Crippen molar-refractivity contribution in [2.24, 2.45) is 21.7 Å². The van der Waals surface area contributed by atoms with E-state index in [0.717, 1.165) is 59.3 Å². The highest BCUT2D eigenvalue weighted by Gasteiger charge is 2.48. The summed E-state index contributed by atoms with van der Waals surface area (Å²) in [6.07, 6.45) is 9.36. The standard InChI is InChI=1S/C50H70N8O4/c1-31(59)57-49(25-21-47(9,10)22-26-49)43(61)55-39(45(3,4)5)41-51-29-37(53-41)35-17-13-33(14-18-35)34-15-19-36(20-16-34)38-30-52-42(54-38)40(46(6,7)8)56-44(62)50(58-32(2)60)27-23-48(11,12)24-28-50/h13-20,29-30,39-40H,21-28H2,1-12H3,(H,51,53)(H,52,54)(H,55,61)(H,56,62)(H,57,59)(H,58,60)/t39-,40-/m1/s1. The maximum absolute atomic E-state index is 14.1. The van der Waals surface area contributed by atoms with E-state index in [9.17, 15) is 19.2 Å². The lowest BCUT2D eigenvalue weighted by molar-refractivity contribution is -0.136. The monoisotopic (exact) mass is 847 g/mol. The summed E-state index contributed by atoms with van der Waals surface area (Å²) >= 11 is 0. The molecule has 2 aromatic carbocycles. The van der Waals surface area contributed by atoms with Gasteiger partial charge in [-0.2, -0.15) is 0 Å². The summed E-state index contributed by atoms with van der Waals surface area (Å²) in [7, 11) is 0. The molecular formula is C50H70N8O4. The lowest BCUT2D eigenvalue weighted by atomic mass is 9.68. The number of amides is 4. The maximum atomic E-state index is 14.1. The molecule has 2 atom stereocenters. The first-order chi connectivity index (χ1) is 28.8. The molecule has 0 spiro atoms. The van der Waals surface area contributed by atoms with E-state index in [4.69, 9.17) is 9.97 Å². The summed E-state index contributed by atoms with van der Waals surface area (Å²) in [5.74, 6) is 0.582. The second-order valence-electron chi connectivity index (χ2n) is 21.9. The van der Waals surface area contributed by atoms with Crippen LogP contribution >= 0.6 is 0 Å². The number of hydrogen-bond donors (Lipinski definition) is 6. The number of H-pyrrole nitrogens is 2. The molecule has 0 saturated heterocycles. The number of carbonyl (C=O) groups is 4. The van der Waals surface area contributed by atoms with Crippen LogP contribution in [-0.4, -0.2) is 54.6 Å². The van der Waals surface area contributed by atoms with Crippen molar-refractivity contribution in [3.63, 3.8) is 0 Å². The predicted molar refractivity (Wildman–Crippen MR) is 245 cm³/mol. The Hall–Kier alpha value is -5.26. The smallest absolute Gasteiger partial charge is 0.246 e. The van der Waals surface area contributed by atoms with Crippen LogP contribution in [0.1, 0.15) is 158 Å². The average Bonchev–Trinajstić information content (AvgIpc) is 3.88. The van der Waals surface area contributed by atoms with Crippen molar-refractivity contribution in [3.8, 4) is 33.6 Å². The molecule has 6 N–H and O–H groups in total. The zero-order valence-corrected chi connectivity index (χ0v) is 39.1. The number of aromatic nitrogens is 4. The van der Waals surface area contributed by atoms with Gasteiger partial charge in [0.25, 0.3) is 0 Å². The van der Waals surface area contributed by atoms with Gasteiger partial charge in [-0.25, -0.2) is 9.97 Å². The summed E-state index contributed by atoms with van der Waals surface area (Å²) in [6.45, 7) is 24.3. The molecule has 2 aliphatic rings. The number of aromatic amines is 2. The third kappa shape index (κ3) is 10.5. The molecule has 4 aromatic rings. The number of nitrogens with zero attached hydrogens (tertiary/aromatic N) is 2. The lowest BCUT2D eigenvalue weighted by Crippen LogP contribution is -2.61. The van der Waals surface area contributed by atoms with Gasteiger partial charge in [-0.1, -0.05) is 118 Å². The highest BCUT2D eigenvalue weighted by Crippen LogP contribution is 2.43. The van der Waals surface area contributed by atoms with Crippen LogP contribution in [0.3, 0.4) is 0 Å². The Bertz CT molecular complexity index is 2070. The van der Waals surface area contributed by atoms with Gasteiger partial charge in [0.1, 0.15) is 22.7 Å². The van der Waals surface area contributed by atoms with Gasteiger partial charge >= 0.3 is 0 Å². The second-order valence-corrected chi connectivity index (χ2v) is 21.9. The van der Waals surface area contributed by atoms with Crippen LogP contribution in [0.2, 0.25) is 0 Å². The Labute approximate surface area is 368 Å². The van der Waals surface area contributed by atoms with Crippen LogP contribution in [0, 0.1) is 21.7 Å². The zero-order chi connectivity index (χ0) is 45.5. The minimum Gasteiger partial charge on any atom is -0.344 e. The summed E-state index contributed by atoms with van der Waals surface area (Å²) in [4.78, 5) is 69.2. The van der Waals surface area contributed by atoms with Gasteiger partial charge in [-0.3, -0.25) is 19.2 Å². The van der Waals surface area contributed by atoms with Crippen LogP contribution in [0.4, 0.5) is 0 Å². The Morgan fingerprint density at radius 1 is 0.516 bits per heavy atom. The molecule has 12 heteroatoms. The molecule has 2 aromatic heterocycles. The van der Waals surface area contributed by atoms with Crippen molar-refractivity contribution in [3.05, 3.63) is 72.6 Å². The SMILES string of the molecule is CC(=O)NC1(C(=O)N[C@H](c2ncc(-c3ccc(-c4ccc(-c5cnc([C@@H](NC(=O)C6(NC(C)=O)CCC(C)(C)CC6)C(C)(C)C)[nH]5)cc4)cc3)[nH]2)C(C)(C)C)CCC(C)(C)CC1. The third-order valence-corrected chi connectivity index (χ3v) is 13.4. The minimum absolute atomic E-state index is 0.124. The van der Waals surface area contributed by atoms with Crippen LogP contribution < -0.4 is 21.3 Å². The van der Waals surface area contributed by atoms with Gasteiger partial charge in [0.05, 0.1) is 35.9 Å². The molecule has 2 saturated carbocycles. The van der Waals surface area contributed by atoms with Crippen LogP contribution in [0.15, 0.2) is 60.9 Å². The second kappa shape index (κ2) is 17.1. The topological polar surface area (TPSA) is 174 Å². The largest absolute Gasteiger partial charge is 0.344 e. The fourth-order valence-corrected chi connectivity index (χ4v) is 9.07. The molecule has 6 rings (SSSR count). The summed E-state index contributed by atoms with van der Waals surface area (Å²) in [6, 6.07) is 15.8. The Morgan fingerprint density at radius 3 is 1.08 bits per heavy atom. The molecule has 2 fully saturated rings. The number of rotatable bonds is 11. The van der Waals surface area contributed by atoms with Crippen molar-refractivity contribution < 1.29 is 19.2 Å². The first-order valence-electron chi connectivity index (χ1n) is 22.3. The normalized spacial score (nSPS) is 19.1. The number of benzene rings is 2. The van der Waals surface area contributed by atoms with Crippen molar-refractivity contribution in [2.75, 3.05) is 0 Å². The number of carbonyl (C=O) groups excluding carboxylic acids is 4. The summed E-state index contributed by atoms with van der Waals surface area (Å²) in [5.41, 5.74) is 3.35. The van der Waals surface area contributed by atoms with Gasteiger partial charge in [-0.05, 0) is 95.3 Å². The van der Waals surface area contributed by atoms with Crippen molar-refractivity contribution in [1.82, 2.24) is 41.2 Å². The van der Waals surface area contributed by atoms with E-state index in [1.54, 1.807) is 0 Å². The molecule has 0 radical (unpaired) electrons. The predicted octanol–water partition coefficient (Wildman–Crippen LogP) is 9.49. The van der Waals surface area contributed by atoms with Gasteiger partial charge in [0.2, 0.25) is 23.6 Å². The zero-order valence-electron chi connectivity index (χ0n) is 39.1. The number of imidazole rings is 2. The molecule has 0 bridgehead atoms. The highest BCUT2D eigenvalue weighted by atomic mass is 16.2. The molecular weight excluding hydrogens is 777 g/mol. The van der Waals surface area contributed by atoms with Gasteiger partial charge in [0.15, 0.2) is 0 Å². The van der Waals surface area contributed by atoms with Gasteiger partial charge in [-0.15, -0.1) is 0 Å². The van der Waals surface area contributed by atoms with E-state index in [1.165, 1.54) is 13.8 Å². The van der Waals surface area contributed by atoms with E-state index in [2.05, 4.69) is 149 Å². The van der Waals surface area contributed by atoms with Gasteiger partial charge in [0, 0.05) is 13.8 Å². The minimum atomic E-state index is -0.948. The molecule has 4 amide bonds. The molecule has 12 nitrogen and oxygen atoms in total. The summed E-state index contributed by atoms with van der Waals surface area (Å²) in [5, 5.41) is 12.6. The Morgan fingerprint density at radius 2 is 0.806 bits per heavy atom. The summed E-state index contributed by atoms with van der Waals surface area (Å²) < 4.78 is 0. The van der Waals surface area contributed by atoms with E-state index in [0.29, 0.717) is 37.3 Å². The van der Waals surface area contributed by atoms with Crippen molar-refractivity contribution in [2.45, 2.75) is 158 Å². The fraction of sp³-hybridized carbons (Fsp3) is 0.560. The van der Waals surface area contributed by atoms with E-state index in [-0.39, 0.29) is 45.3 Å². The van der Waals surface area contributed by atoms with Gasteiger partial charge < -0.3 is 31.2 Å². The number of hydrogen-bond acceptors (Lipinski definition) is 6. The van der Waals surface area contributed by atoms with Crippen LogP contribution in [-0.2, 0) is 19.2 Å². The molecule has 2 aliphatic carbocycles. The molecule has 2 heterocycles.